The molecule has 2 aromatic rings. The topological polar surface area (TPSA) is 62.2 Å². The van der Waals surface area contributed by atoms with Gasteiger partial charge < -0.3 is 24.4 Å². The van der Waals surface area contributed by atoms with Crippen LogP contribution < -0.4 is 9.47 Å². The van der Waals surface area contributed by atoms with Crippen molar-refractivity contribution in [1.82, 2.24) is 9.80 Å². The summed E-state index contributed by atoms with van der Waals surface area (Å²) in [4.78, 5) is 15.9. The van der Waals surface area contributed by atoms with E-state index < -0.39 is 5.60 Å². The molecule has 0 atom stereocenters. The van der Waals surface area contributed by atoms with Crippen molar-refractivity contribution < 1.29 is 19.4 Å². The van der Waals surface area contributed by atoms with Crippen LogP contribution in [0.25, 0.3) is 0 Å². The normalized spacial score (nSPS) is 15.4. The number of benzene rings is 2. The summed E-state index contributed by atoms with van der Waals surface area (Å²) in [5.74, 6) is 1.80. The molecule has 0 aliphatic carbocycles. The third-order valence-electron chi connectivity index (χ3n) is 6.60. The monoisotopic (exact) mass is 440 g/mol. The van der Waals surface area contributed by atoms with Crippen LogP contribution >= 0.6 is 0 Å². The van der Waals surface area contributed by atoms with Crippen molar-refractivity contribution in [2.24, 2.45) is 5.92 Å². The van der Waals surface area contributed by atoms with E-state index in [0.717, 1.165) is 61.5 Å². The van der Waals surface area contributed by atoms with E-state index >= 15 is 0 Å². The van der Waals surface area contributed by atoms with Crippen molar-refractivity contribution >= 4 is 5.91 Å². The van der Waals surface area contributed by atoms with Crippen molar-refractivity contribution in [1.29, 1.82) is 0 Å². The van der Waals surface area contributed by atoms with E-state index in [1.807, 2.05) is 48.5 Å². The van der Waals surface area contributed by atoms with Gasteiger partial charge in [-0.2, -0.15) is 0 Å². The summed E-state index contributed by atoms with van der Waals surface area (Å²) in [6.45, 7) is 2.74. The fraction of sp³-hybridized carbons (Fsp3) is 0.500. The maximum atomic E-state index is 12.2. The Morgan fingerprint density at radius 1 is 0.969 bits per heavy atom. The van der Waals surface area contributed by atoms with Gasteiger partial charge in [0.1, 0.15) is 17.1 Å². The SMILES string of the molecule is COc1ccc(C(O)(c2ccc(OC)cc2)C2CCN(CCCC(=O)N(C)C)CC2)cc1. The van der Waals surface area contributed by atoms with E-state index in [0.29, 0.717) is 6.42 Å². The van der Waals surface area contributed by atoms with Crippen LogP contribution in [-0.2, 0) is 10.4 Å². The van der Waals surface area contributed by atoms with Crippen LogP contribution in [0.2, 0.25) is 0 Å². The molecule has 1 amide bonds. The van der Waals surface area contributed by atoms with Crippen molar-refractivity contribution in [2.45, 2.75) is 31.3 Å². The van der Waals surface area contributed by atoms with Crippen LogP contribution in [0.15, 0.2) is 48.5 Å². The predicted octanol–water partition coefficient (Wildman–Crippen LogP) is 3.52. The number of ether oxygens (including phenoxy) is 2. The van der Waals surface area contributed by atoms with E-state index in [4.69, 9.17) is 9.47 Å². The first-order valence-electron chi connectivity index (χ1n) is 11.3. The van der Waals surface area contributed by atoms with Gasteiger partial charge >= 0.3 is 0 Å². The van der Waals surface area contributed by atoms with Gasteiger partial charge in [0.05, 0.1) is 14.2 Å². The van der Waals surface area contributed by atoms with Gasteiger partial charge in [-0.25, -0.2) is 0 Å². The second-order valence-corrected chi connectivity index (χ2v) is 8.73. The Bertz CT molecular complexity index is 809. The minimum atomic E-state index is -1.09. The van der Waals surface area contributed by atoms with Crippen molar-refractivity contribution in [3.63, 3.8) is 0 Å². The van der Waals surface area contributed by atoms with Crippen molar-refractivity contribution in [2.75, 3.05) is 47.9 Å². The molecule has 0 spiro atoms. The predicted molar refractivity (Wildman–Crippen MR) is 126 cm³/mol. The zero-order valence-corrected chi connectivity index (χ0v) is 19.7. The Morgan fingerprint density at radius 3 is 1.84 bits per heavy atom. The molecule has 0 radical (unpaired) electrons. The molecule has 32 heavy (non-hydrogen) atoms. The summed E-state index contributed by atoms with van der Waals surface area (Å²) in [7, 11) is 6.89. The Balaban J connectivity index is 1.75. The number of hydrogen-bond acceptors (Lipinski definition) is 5. The van der Waals surface area contributed by atoms with Crippen LogP contribution in [0.5, 0.6) is 11.5 Å². The highest BCUT2D eigenvalue weighted by Gasteiger charge is 2.41. The summed E-state index contributed by atoms with van der Waals surface area (Å²) in [6.07, 6.45) is 3.21. The lowest BCUT2D eigenvalue weighted by Crippen LogP contribution is -2.44. The number of nitrogens with zero attached hydrogens (tertiary/aromatic N) is 2. The third-order valence-corrected chi connectivity index (χ3v) is 6.60. The van der Waals surface area contributed by atoms with Crippen molar-refractivity contribution in [3.05, 3.63) is 59.7 Å². The summed E-state index contributed by atoms with van der Waals surface area (Å²) < 4.78 is 10.6. The van der Waals surface area contributed by atoms with E-state index in [-0.39, 0.29) is 11.8 Å². The second-order valence-electron chi connectivity index (χ2n) is 8.73. The van der Waals surface area contributed by atoms with Gasteiger partial charge in [-0.1, -0.05) is 24.3 Å². The standard InChI is InChI=1S/C26H36N2O4/c1-27(2)25(29)6-5-17-28-18-15-22(16-19-28)26(30,20-7-11-23(31-3)12-8-20)21-9-13-24(32-4)14-10-21/h7-14,22,30H,5-6,15-19H2,1-4H3. The van der Waals surface area contributed by atoms with Gasteiger partial charge in [0.2, 0.25) is 5.91 Å². The Hall–Kier alpha value is -2.57. The third kappa shape index (κ3) is 5.43. The fourth-order valence-electron chi connectivity index (χ4n) is 4.58. The highest BCUT2D eigenvalue weighted by Crippen LogP contribution is 2.42. The number of hydrogen-bond donors (Lipinski definition) is 1. The van der Waals surface area contributed by atoms with Crippen LogP contribution in [-0.4, -0.2) is 68.8 Å². The molecule has 174 valence electrons. The average molecular weight is 441 g/mol. The first-order valence-corrected chi connectivity index (χ1v) is 11.3. The maximum Gasteiger partial charge on any atom is 0.222 e. The number of rotatable bonds is 9. The average Bonchev–Trinajstić information content (AvgIpc) is 2.84. The zero-order chi connectivity index (χ0) is 23.1. The molecular weight excluding hydrogens is 404 g/mol. The lowest BCUT2D eigenvalue weighted by Gasteiger charge is -2.42. The first kappa shape index (κ1) is 24.1. The minimum Gasteiger partial charge on any atom is -0.497 e. The minimum absolute atomic E-state index is 0.0870. The molecule has 0 bridgehead atoms. The van der Waals surface area contributed by atoms with Crippen LogP contribution in [0, 0.1) is 5.92 Å². The van der Waals surface area contributed by atoms with Crippen molar-refractivity contribution in [3.8, 4) is 11.5 Å². The van der Waals surface area contributed by atoms with Gasteiger partial charge in [0.15, 0.2) is 0 Å². The molecule has 0 saturated carbocycles. The van der Waals surface area contributed by atoms with E-state index in [2.05, 4.69) is 4.90 Å². The van der Waals surface area contributed by atoms with Gasteiger partial charge in [-0.15, -0.1) is 0 Å². The number of aliphatic hydroxyl groups is 1. The molecule has 6 heteroatoms. The molecule has 1 aliphatic heterocycles. The molecule has 1 heterocycles. The van der Waals surface area contributed by atoms with E-state index in [1.54, 1.807) is 33.2 Å². The molecule has 2 aromatic carbocycles. The molecule has 0 aromatic heterocycles. The van der Waals surface area contributed by atoms with E-state index in [1.165, 1.54) is 0 Å². The zero-order valence-electron chi connectivity index (χ0n) is 19.7. The largest absolute Gasteiger partial charge is 0.497 e. The molecule has 1 N–H and O–H groups in total. The van der Waals surface area contributed by atoms with Gasteiger partial charge in [-0.05, 0) is 80.2 Å². The molecule has 3 rings (SSSR count). The van der Waals surface area contributed by atoms with Gasteiger partial charge in [-0.3, -0.25) is 4.79 Å². The molecule has 1 fully saturated rings. The van der Waals surface area contributed by atoms with Gasteiger partial charge in [0.25, 0.3) is 0 Å². The Labute approximate surface area is 191 Å². The Kier molecular flexibility index (Phi) is 8.15. The van der Waals surface area contributed by atoms with Crippen LogP contribution in [0.1, 0.15) is 36.8 Å². The highest BCUT2D eigenvalue weighted by molar-refractivity contribution is 5.75. The summed E-state index contributed by atoms with van der Waals surface area (Å²) in [5.41, 5.74) is 0.655. The highest BCUT2D eigenvalue weighted by atomic mass is 16.5. The fourth-order valence-corrected chi connectivity index (χ4v) is 4.58. The first-order chi connectivity index (χ1) is 15.4. The smallest absolute Gasteiger partial charge is 0.222 e. The lowest BCUT2D eigenvalue weighted by molar-refractivity contribution is -0.128. The molecule has 6 nitrogen and oxygen atoms in total. The second kappa shape index (κ2) is 10.8. The maximum absolute atomic E-state index is 12.2. The molecule has 1 saturated heterocycles. The number of carbonyl (C=O) groups is 1. The molecule has 0 unspecified atom stereocenters. The quantitative estimate of drug-likeness (QED) is 0.647. The van der Waals surface area contributed by atoms with Gasteiger partial charge in [0, 0.05) is 20.5 Å². The summed E-state index contributed by atoms with van der Waals surface area (Å²) in [6, 6.07) is 15.5. The molecule has 1 aliphatic rings. The number of carbonyl (C=O) groups excluding carboxylic acids is 1. The Morgan fingerprint density at radius 2 is 1.44 bits per heavy atom. The van der Waals surface area contributed by atoms with E-state index in [9.17, 15) is 9.90 Å². The lowest BCUT2D eigenvalue weighted by atomic mass is 9.72. The summed E-state index contributed by atoms with van der Waals surface area (Å²) in [5, 5.41) is 12.2. The number of piperidine rings is 1. The van der Waals surface area contributed by atoms with Crippen LogP contribution in [0.3, 0.4) is 0 Å². The summed E-state index contributed by atoms with van der Waals surface area (Å²) >= 11 is 0. The number of methoxy groups -OCH3 is 2. The number of likely N-dealkylation sites (tertiary alicyclic amines) is 1. The number of amides is 1. The van der Waals surface area contributed by atoms with Crippen LogP contribution in [0.4, 0.5) is 0 Å². The molecular formula is C26H36N2O4.